The predicted molar refractivity (Wildman–Crippen MR) is 50.0 cm³/mol. The monoisotopic (exact) mass is 214 g/mol. The lowest BCUT2D eigenvalue weighted by atomic mass is 10.4. The van der Waals surface area contributed by atoms with Crippen LogP contribution in [0, 0.1) is 0 Å². The molecule has 0 fully saturated rings. The van der Waals surface area contributed by atoms with E-state index in [0.29, 0.717) is 12.4 Å². The zero-order chi connectivity index (χ0) is 11.3. The van der Waals surface area contributed by atoms with Crippen LogP contribution in [0.15, 0.2) is 0 Å². The number of hydrogen-bond acceptors (Lipinski definition) is 5. The van der Waals surface area contributed by atoms with Crippen molar-refractivity contribution in [2.24, 2.45) is 0 Å². The van der Waals surface area contributed by atoms with Crippen LogP contribution in [-0.2, 0) is 22.7 Å². The van der Waals surface area contributed by atoms with E-state index in [1.807, 2.05) is 6.92 Å². The molecule has 0 aliphatic heterocycles. The first-order valence-corrected chi connectivity index (χ1v) is 4.74. The molecule has 7 heteroatoms. The molecule has 0 spiro atoms. The van der Waals surface area contributed by atoms with Crippen molar-refractivity contribution >= 4 is 5.97 Å². The summed E-state index contributed by atoms with van der Waals surface area (Å²) in [6.07, 6.45) is 0.0590. The number of hydrogen-bond donors (Lipinski definition) is 1. The van der Waals surface area contributed by atoms with Gasteiger partial charge in [-0.3, -0.25) is 0 Å². The fourth-order valence-corrected chi connectivity index (χ4v) is 0.983. The summed E-state index contributed by atoms with van der Waals surface area (Å²) in [6.45, 7) is 4.29. The van der Waals surface area contributed by atoms with E-state index in [9.17, 15) is 4.79 Å². The van der Waals surface area contributed by atoms with E-state index in [2.05, 4.69) is 15.5 Å². The van der Waals surface area contributed by atoms with Gasteiger partial charge in [-0.15, -0.1) is 5.10 Å². The fraction of sp³-hybridized carbons (Fsp3) is 0.750. The standard InChI is InChI=1S/C8H14N4O3/c1-3-4-12-7(9-10-11-12)5-15-6(2)8(13)14/h6H,3-5H2,1-2H3,(H,13,14). The summed E-state index contributed by atoms with van der Waals surface area (Å²) in [5.74, 6) is -0.450. The third kappa shape index (κ3) is 3.28. The number of carbonyl (C=O) groups is 1. The molecule has 0 bridgehead atoms. The summed E-state index contributed by atoms with van der Waals surface area (Å²) in [5, 5.41) is 19.6. The molecule has 1 N–H and O–H groups in total. The van der Waals surface area contributed by atoms with Crippen LogP contribution in [0.3, 0.4) is 0 Å². The highest BCUT2D eigenvalue weighted by Crippen LogP contribution is 2.00. The minimum absolute atomic E-state index is 0.112. The molecule has 0 saturated heterocycles. The Balaban J connectivity index is 2.49. The van der Waals surface area contributed by atoms with Gasteiger partial charge in [0.15, 0.2) is 11.9 Å². The Morgan fingerprint density at radius 3 is 3.00 bits per heavy atom. The molecule has 0 saturated carbocycles. The molecule has 0 amide bonds. The third-order valence-electron chi connectivity index (χ3n) is 1.85. The number of aryl methyl sites for hydroxylation is 1. The van der Waals surface area contributed by atoms with Crippen LogP contribution in [0.4, 0.5) is 0 Å². The summed E-state index contributed by atoms with van der Waals surface area (Å²) in [5.41, 5.74) is 0. The van der Waals surface area contributed by atoms with Gasteiger partial charge in [0.1, 0.15) is 6.61 Å². The van der Waals surface area contributed by atoms with Gasteiger partial charge in [-0.1, -0.05) is 6.92 Å². The highest BCUT2D eigenvalue weighted by atomic mass is 16.5. The normalized spacial score (nSPS) is 12.7. The highest BCUT2D eigenvalue weighted by Gasteiger charge is 2.13. The zero-order valence-electron chi connectivity index (χ0n) is 8.75. The molecule has 15 heavy (non-hydrogen) atoms. The first-order chi connectivity index (χ1) is 7.15. The summed E-state index contributed by atoms with van der Waals surface area (Å²) in [7, 11) is 0. The van der Waals surface area contributed by atoms with Gasteiger partial charge in [0.2, 0.25) is 0 Å². The van der Waals surface area contributed by atoms with Crippen LogP contribution in [0.25, 0.3) is 0 Å². The number of ether oxygens (including phenoxy) is 1. The molecule has 1 aromatic rings. The Kier molecular flexibility index (Phi) is 4.17. The second kappa shape index (κ2) is 5.40. The van der Waals surface area contributed by atoms with E-state index in [0.717, 1.165) is 6.42 Å². The Bertz CT molecular complexity index is 325. The van der Waals surface area contributed by atoms with Crippen molar-refractivity contribution in [2.75, 3.05) is 0 Å². The van der Waals surface area contributed by atoms with Crippen molar-refractivity contribution in [3.63, 3.8) is 0 Å². The van der Waals surface area contributed by atoms with E-state index >= 15 is 0 Å². The average Bonchev–Trinajstić information content (AvgIpc) is 2.62. The van der Waals surface area contributed by atoms with Crippen LogP contribution >= 0.6 is 0 Å². The van der Waals surface area contributed by atoms with Crippen molar-refractivity contribution in [2.45, 2.75) is 39.5 Å². The minimum Gasteiger partial charge on any atom is -0.479 e. The molecule has 0 radical (unpaired) electrons. The lowest BCUT2D eigenvalue weighted by Gasteiger charge is -2.07. The molecular formula is C8H14N4O3. The highest BCUT2D eigenvalue weighted by molar-refractivity contribution is 5.71. The maximum atomic E-state index is 10.5. The van der Waals surface area contributed by atoms with Crippen molar-refractivity contribution in [1.82, 2.24) is 20.2 Å². The number of aromatic nitrogens is 4. The smallest absolute Gasteiger partial charge is 0.332 e. The van der Waals surface area contributed by atoms with Gasteiger partial charge < -0.3 is 9.84 Å². The van der Waals surface area contributed by atoms with Gasteiger partial charge in [0.25, 0.3) is 0 Å². The first-order valence-electron chi connectivity index (χ1n) is 4.74. The fourth-order valence-electron chi connectivity index (χ4n) is 0.983. The molecule has 0 aliphatic carbocycles. The van der Waals surface area contributed by atoms with Gasteiger partial charge in [-0.05, 0) is 23.8 Å². The van der Waals surface area contributed by atoms with Crippen molar-refractivity contribution in [3.8, 4) is 0 Å². The Morgan fingerprint density at radius 1 is 1.67 bits per heavy atom. The average molecular weight is 214 g/mol. The SMILES string of the molecule is CCCn1nnnc1COC(C)C(=O)O. The van der Waals surface area contributed by atoms with Crippen LogP contribution in [0.1, 0.15) is 26.1 Å². The number of aliphatic carboxylic acids is 1. The molecule has 7 nitrogen and oxygen atoms in total. The number of tetrazole rings is 1. The first kappa shape index (κ1) is 11.6. The number of nitrogens with zero attached hydrogens (tertiary/aromatic N) is 4. The van der Waals surface area contributed by atoms with Crippen LogP contribution in [0.5, 0.6) is 0 Å². The second-order valence-corrected chi connectivity index (χ2v) is 3.11. The predicted octanol–water partition coefficient (Wildman–Crippen LogP) is 0.0728. The van der Waals surface area contributed by atoms with Gasteiger partial charge in [-0.25, -0.2) is 9.48 Å². The largest absolute Gasteiger partial charge is 0.479 e. The Labute approximate surface area is 87.0 Å². The molecule has 0 aromatic carbocycles. The molecule has 1 rings (SSSR count). The van der Waals surface area contributed by atoms with Gasteiger partial charge >= 0.3 is 5.97 Å². The molecule has 1 unspecified atom stereocenters. The van der Waals surface area contributed by atoms with Crippen molar-refractivity contribution in [3.05, 3.63) is 5.82 Å². The lowest BCUT2D eigenvalue weighted by molar-refractivity contribution is -0.150. The van der Waals surface area contributed by atoms with E-state index in [1.165, 1.54) is 6.92 Å². The van der Waals surface area contributed by atoms with Gasteiger partial charge in [-0.2, -0.15) is 0 Å². The summed E-state index contributed by atoms with van der Waals surface area (Å²) >= 11 is 0. The van der Waals surface area contributed by atoms with E-state index in [-0.39, 0.29) is 6.61 Å². The topological polar surface area (TPSA) is 90.1 Å². The maximum absolute atomic E-state index is 10.5. The Hall–Kier alpha value is -1.50. The molecule has 1 heterocycles. The number of carboxylic acids is 1. The number of rotatable bonds is 6. The molecule has 0 aliphatic rings. The van der Waals surface area contributed by atoms with Crippen LogP contribution < -0.4 is 0 Å². The Morgan fingerprint density at radius 2 is 2.40 bits per heavy atom. The summed E-state index contributed by atoms with van der Waals surface area (Å²) in [6, 6.07) is 0. The summed E-state index contributed by atoms with van der Waals surface area (Å²) in [4.78, 5) is 10.5. The zero-order valence-corrected chi connectivity index (χ0v) is 8.75. The van der Waals surface area contributed by atoms with E-state index in [4.69, 9.17) is 9.84 Å². The summed E-state index contributed by atoms with van der Waals surface area (Å²) < 4.78 is 6.68. The quantitative estimate of drug-likeness (QED) is 0.720. The van der Waals surface area contributed by atoms with Crippen LogP contribution in [0.2, 0.25) is 0 Å². The van der Waals surface area contributed by atoms with Gasteiger partial charge in [0.05, 0.1) is 0 Å². The maximum Gasteiger partial charge on any atom is 0.332 e. The lowest BCUT2D eigenvalue weighted by Crippen LogP contribution is -2.20. The van der Waals surface area contributed by atoms with Crippen molar-refractivity contribution < 1.29 is 14.6 Å². The second-order valence-electron chi connectivity index (χ2n) is 3.11. The van der Waals surface area contributed by atoms with Crippen molar-refractivity contribution in [1.29, 1.82) is 0 Å². The number of carboxylic acid groups (broad SMARTS) is 1. The molecule has 84 valence electrons. The molecule has 1 atom stereocenters. The van der Waals surface area contributed by atoms with E-state index in [1.54, 1.807) is 4.68 Å². The van der Waals surface area contributed by atoms with E-state index < -0.39 is 12.1 Å². The molecule has 1 aromatic heterocycles. The third-order valence-corrected chi connectivity index (χ3v) is 1.85. The van der Waals surface area contributed by atoms with Crippen LogP contribution in [-0.4, -0.2) is 37.4 Å². The van der Waals surface area contributed by atoms with Gasteiger partial charge in [0, 0.05) is 6.54 Å². The minimum atomic E-state index is -0.996. The molecular weight excluding hydrogens is 200 g/mol.